The summed E-state index contributed by atoms with van der Waals surface area (Å²) in [5.74, 6) is -0.487. The lowest BCUT2D eigenvalue weighted by Gasteiger charge is -2.57. The minimum Gasteiger partial charge on any atom is -0.372 e. The van der Waals surface area contributed by atoms with Crippen molar-refractivity contribution in [2.75, 3.05) is 11.4 Å². The molecular formula is C24H25N5O4. The van der Waals surface area contributed by atoms with E-state index in [0.717, 1.165) is 27.8 Å². The molecule has 1 aromatic heterocycles. The maximum Gasteiger partial charge on any atom is 0.323 e. The van der Waals surface area contributed by atoms with Gasteiger partial charge in [0, 0.05) is 17.6 Å². The second-order valence-corrected chi connectivity index (χ2v) is 9.22. The molecule has 1 spiro atoms. The number of nitrogens with one attached hydrogen (secondary N) is 2. The molecule has 9 nitrogen and oxygen atoms in total. The zero-order chi connectivity index (χ0) is 22.9. The lowest BCUT2D eigenvalue weighted by atomic mass is 9.66. The molecule has 0 radical (unpaired) electrons. The first kappa shape index (κ1) is 20.2. The quantitative estimate of drug-likeness (QED) is 0.524. The molecule has 0 bridgehead atoms. The zero-order valence-electron chi connectivity index (χ0n) is 18.4. The molecule has 0 saturated carbocycles. The number of imide groups is 1. The molecular weight excluding hydrogens is 422 g/mol. The number of carbonyl (C=O) groups is 2. The summed E-state index contributed by atoms with van der Waals surface area (Å²) in [6.07, 6.45) is 0.365. The number of para-hydroxylation sites is 1. The number of rotatable bonds is 1. The van der Waals surface area contributed by atoms with E-state index in [9.17, 15) is 14.7 Å². The highest BCUT2D eigenvalue weighted by molar-refractivity contribution is 6.02. The van der Waals surface area contributed by atoms with Crippen LogP contribution in [0.5, 0.6) is 0 Å². The molecule has 170 valence electrons. The number of anilines is 1. The Balaban J connectivity index is 1.52. The van der Waals surface area contributed by atoms with Crippen LogP contribution in [-0.4, -0.2) is 57.8 Å². The van der Waals surface area contributed by atoms with Crippen LogP contribution >= 0.6 is 0 Å². The van der Waals surface area contributed by atoms with E-state index in [1.165, 1.54) is 0 Å². The van der Waals surface area contributed by atoms with Gasteiger partial charge < -0.3 is 20.1 Å². The lowest BCUT2D eigenvalue weighted by molar-refractivity contribution is -0.155. The number of aromatic nitrogens is 2. The third-order valence-electron chi connectivity index (χ3n) is 7.19. The van der Waals surface area contributed by atoms with E-state index in [1.807, 2.05) is 61.1 Å². The highest BCUT2D eigenvalue weighted by Crippen LogP contribution is 2.48. The van der Waals surface area contributed by atoms with E-state index in [0.29, 0.717) is 6.54 Å². The highest BCUT2D eigenvalue weighted by atomic mass is 16.5. The summed E-state index contributed by atoms with van der Waals surface area (Å²) < 4.78 is 7.97. The smallest absolute Gasteiger partial charge is 0.323 e. The van der Waals surface area contributed by atoms with Gasteiger partial charge in [0.2, 0.25) is 5.91 Å². The summed E-state index contributed by atoms with van der Waals surface area (Å²) >= 11 is 0. The normalized spacial score (nSPS) is 31.2. The van der Waals surface area contributed by atoms with Crippen molar-refractivity contribution < 1.29 is 19.4 Å². The number of aliphatic hydroxyl groups is 1. The SMILES string of the molecule is C[C@@H]1CN2c3ccc(-n4ncc5ccccc54)cc3C[C@@]3(C(=O)NC(=O)N[C@@H]3O)[C@H]2[C@H](C)O1. The third-order valence-corrected chi connectivity index (χ3v) is 7.19. The number of benzene rings is 2. The van der Waals surface area contributed by atoms with Gasteiger partial charge in [-0.1, -0.05) is 18.2 Å². The second-order valence-electron chi connectivity index (χ2n) is 9.22. The predicted molar refractivity (Wildman–Crippen MR) is 121 cm³/mol. The maximum absolute atomic E-state index is 13.3. The molecule has 0 aliphatic carbocycles. The predicted octanol–water partition coefficient (Wildman–Crippen LogP) is 1.71. The number of aliphatic hydroxyl groups excluding tert-OH is 1. The highest BCUT2D eigenvalue weighted by Gasteiger charge is 2.62. The molecule has 2 saturated heterocycles. The molecule has 3 N–H and O–H groups in total. The number of carbonyl (C=O) groups excluding carboxylic acids is 2. The third kappa shape index (κ3) is 2.82. The molecule has 9 heteroatoms. The summed E-state index contributed by atoms with van der Waals surface area (Å²) in [4.78, 5) is 27.4. The second kappa shape index (κ2) is 7.03. The topological polar surface area (TPSA) is 109 Å². The van der Waals surface area contributed by atoms with E-state index in [1.54, 1.807) is 0 Å². The molecule has 3 aliphatic rings. The zero-order valence-corrected chi connectivity index (χ0v) is 18.4. The van der Waals surface area contributed by atoms with Crippen molar-refractivity contribution in [1.29, 1.82) is 0 Å². The Morgan fingerprint density at radius 1 is 1.18 bits per heavy atom. The Morgan fingerprint density at radius 2 is 2.00 bits per heavy atom. The minimum atomic E-state index is -1.34. The van der Waals surface area contributed by atoms with E-state index in [4.69, 9.17) is 4.74 Å². The Morgan fingerprint density at radius 3 is 2.82 bits per heavy atom. The number of hydrogen-bond donors (Lipinski definition) is 3. The van der Waals surface area contributed by atoms with Gasteiger partial charge >= 0.3 is 6.03 Å². The Kier molecular flexibility index (Phi) is 4.30. The molecule has 5 atom stereocenters. The molecule has 3 amide bonds. The first-order chi connectivity index (χ1) is 15.9. The van der Waals surface area contributed by atoms with E-state index < -0.39 is 29.6 Å². The molecule has 4 heterocycles. The molecule has 3 aromatic rings. The number of morpholine rings is 1. The first-order valence-electron chi connectivity index (χ1n) is 11.2. The van der Waals surface area contributed by atoms with Crippen LogP contribution in [0.2, 0.25) is 0 Å². The molecule has 2 fully saturated rings. The fraction of sp³-hybridized carbons (Fsp3) is 0.375. The Labute approximate surface area is 190 Å². The van der Waals surface area contributed by atoms with Crippen molar-refractivity contribution in [2.24, 2.45) is 5.41 Å². The van der Waals surface area contributed by atoms with Gasteiger partial charge in [0.15, 0.2) is 0 Å². The summed E-state index contributed by atoms with van der Waals surface area (Å²) in [5.41, 5.74) is 2.48. The largest absolute Gasteiger partial charge is 0.372 e. The van der Waals surface area contributed by atoms with Crippen LogP contribution in [0.3, 0.4) is 0 Å². The van der Waals surface area contributed by atoms with Crippen LogP contribution in [0, 0.1) is 5.41 Å². The maximum atomic E-state index is 13.3. The van der Waals surface area contributed by atoms with Gasteiger partial charge in [-0.15, -0.1) is 0 Å². The van der Waals surface area contributed by atoms with Crippen LogP contribution in [0.15, 0.2) is 48.7 Å². The average molecular weight is 447 g/mol. The molecule has 33 heavy (non-hydrogen) atoms. The van der Waals surface area contributed by atoms with Gasteiger partial charge in [-0.25, -0.2) is 9.48 Å². The standard InChI is InChI=1S/C24H25N5O4/c1-13-12-28-18-8-7-17(29-19-6-4-3-5-15(19)11-25-29)9-16(18)10-24(20(28)14(2)33-13)21(30)26-23(32)27-22(24)31/h3-9,11,13-14,20-21,30H,10,12H2,1-2H3,(H2,26,27,31,32)/t13-,14+,20-,21-,24-/m1/s1. The number of fused-ring (bicyclic) bond motifs is 5. The van der Waals surface area contributed by atoms with Crippen LogP contribution in [0.4, 0.5) is 10.5 Å². The number of urea groups is 1. The monoisotopic (exact) mass is 447 g/mol. The molecule has 3 aliphatic heterocycles. The number of ether oxygens (including phenoxy) is 1. The minimum absolute atomic E-state index is 0.0487. The van der Waals surface area contributed by atoms with Gasteiger partial charge in [-0.2, -0.15) is 5.10 Å². The van der Waals surface area contributed by atoms with Crippen molar-refractivity contribution >= 4 is 28.5 Å². The lowest BCUT2D eigenvalue weighted by Crippen LogP contribution is -2.76. The van der Waals surface area contributed by atoms with Crippen molar-refractivity contribution in [3.8, 4) is 5.69 Å². The van der Waals surface area contributed by atoms with Crippen LogP contribution in [0.25, 0.3) is 16.6 Å². The Hall–Kier alpha value is -3.43. The number of nitrogens with zero attached hydrogens (tertiary/aromatic N) is 3. The van der Waals surface area contributed by atoms with Crippen molar-refractivity contribution in [3.05, 3.63) is 54.2 Å². The van der Waals surface area contributed by atoms with Crippen molar-refractivity contribution in [2.45, 2.75) is 44.7 Å². The summed E-state index contributed by atoms with van der Waals surface area (Å²) in [6.45, 7) is 4.49. The Bertz CT molecular complexity index is 1290. The first-order valence-corrected chi connectivity index (χ1v) is 11.2. The van der Waals surface area contributed by atoms with Crippen LogP contribution in [-0.2, 0) is 16.0 Å². The van der Waals surface area contributed by atoms with Gasteiger partial charge in [0.1, 0.15) is 11.6 Å². The van der Waals surface area contributed by atoms with Crippen molar-refractivity contribution in [3.63, 3.8) is 0 Å². The molecule has 6 rings (SSSR count). The van der Waals surface area contributed by atoms with Gasteiger partial charge in [-0.3, -0.25) is 10.1 Å². The average Bonchev–Trinajstić information content (AvgIpc) is 3.21. The van der Waals surface area contributed by atoms with Gasteiger partial charge in [0.05, 0.1) is 35.7 Å². The molecule has 0 unspecified atom stereocenters. The van der Waals surface area contributed by atoms with Gasteiger partial charge in [-0.05, 0) is 50.1 Å². The van der Waals surface area contributed by atoms with E-state index in [2.05, 4.69) is 26.7 Å². The van der Waals surface area contributed by atoms with E-state index in [-0.39, 0.29) is 18.6 Å². The van der Waals surface area contributed by atoms with Crippen molar-refractivity contribution in [1.82, 2.24) is 20.4 Å². The van der Waals surface area contributed by atoms with Crippen LogP contribution < -0.4 is 15.5 Å². The summed E-state index contributed by atoms with van der Waals surface area (Å²) in [5, 5.41) is 21.6. The number of hydrogen-bond acceptors (Lipinski definition) is 6. The fourth-order valence-electron chi connectivity index (χ4n) is 5.90. The summed E-state index contributed by atoms with van der Waals surface area (Å²) in [6, 6.07) is 12.9. The van der Waals surface area contributed by atoms with Crippen LogP contribution in [0.1, 0.15) is 19.4 Å². The fourth-order valence-corrected chi connectivity index (χ4v) is 5.90. The number of amides is 3. The van der Waals surface area contributed by atoms with Gasteiger partial charge in [0.25, 0.3) is 0 Å². The summed E-state index contributed by atoms with van der Waals surface area (Å²) in [7, 11) is 0. The molecule has 2 aromatic carbocycles. The van der Waals surface area contributed by atoms with E-state index >= 15 is 0 Å².